The molecule has 0 radical (unpaired) electrons. The van der Waals surface area contributed by atoms with E-state index in [1.54, 1.807) is 42.1 Å². The van der Waals surface area contributed by atoms with Crippen molar-refractivity contribution in [1.82, 2.24) is 9.80 Å². The number of carbonyl (C=O) groups excluding carboxylic acids is 2. The van der Waals surface area contributed by atoms with Crippen LogP contribution in [0.15, 0.2) is 42.5 Å². The highest BCUT2D eigenvalue weighted by atomic mass is 35.5. The van der Waals surface area contributed by atoms with Gasteiger partial charge < -0.3 is 14.5 Å². The second kappa shape index (κ2) is 11.5. The number of rotatable bonds is 11. The molecule has 0 atom stereocenters. The maximum absolute atomic E-state index is 13.3. The maximum Gasteiger partial charge on any atom is 0.242 e. The molecule has 0 aliphatic rings. The number of ether oxygens (including phenoxy) is 1. The van der Waals surface area contributed by atoms with E-state index in [-0.39, 0.29) is 24.2 Å². The molecule has 5 nitrogen and oxygen atoms in total. The molecule has 0 aliphatic heterocycles. The average Bonchev–Trinajstić information content (AvgIpc) is 3.15. The number of methoxy groups -OCH3 is 1. The SMILES string of the molecule is COCCN(CC(=O)N(Cc1ccccc1)Cc1ccc(C)s1)C(=O)C(C)(C)CCl. The van der Waals surface area contributed by atoms with Gasteiger partial charge in [-0.3, -0.25) is 9.59 Å². The van der Waals surface area contributed by atoms with Crippen LogP contribution in [0.4, 0.5) is 0 Å². The number of benzene rings is 1. The molecule has 30 heavy (non-hydrogen) atoms. The van der Waals surface area contributed by atoms with Gasteiger partial charge in [-0.15, -0.1) is 22.9 Å². The van der Waals surface area contributed by atoms with Crippen molar-refractivity contribution in [2.45, 2.75) is 33.9 Å². The first-order valence-electron chi connectivity index (χ1n) is 9.98. The summed E-state index contributed by atoms with van der Waals surface area (Å²) >= 11 is 7.69. The van der Waals surface area contributed by atoms with Gasteiger partial charge in [0.15, 0.2) is 0 Å². The zero-order chi connectivity index (χ0) is 22.1. The highest BCUT2D eigenvalue weighted by Crippen LogP contribution is 2.22. The standard InChI is InChI=1S/C23H31ClN2O3S/c1-18-10-11-20(30-18)15-26(14-19-8-6-5-7-9-19)21(27)16-25(12-13-29-4)22(28)23(2,3)17-24/h5-11H,12-17H2,1-4H3. The van der Waals surface area contributed by atoms with Crippen LogP contribution >= 0.6 is 22.9 Å². The van der Waals surface area contributed by atoms with E-state index in [0.29, 0.717) is 26.2 Å². The Kier molecular flexibility index (Phi) is 9.34. The molecule has 1 heterocycles. The molecular formula is C23H31ClN2O3S. The Morgan fingerprint density at radius 2 is 1.77 bits per heavy atom. The molecule has 0 N–H and O–H groups in total. The van der Waals surface area contributed by atoms with E-state index in [1.807, 2.05) is 30.3 Å². The molecule has 0 spiro atoms. The molecular weight excluding hydrogens is 420 g/mol. The van der Waals surface area contributed by atoms with Gasteiger partial charge in [-0.2, -0.15) is 0 Å². The first kappa shape index (κ1) is 24.4. The molecule has 7 heteroatoms. The Morgan fingerprint density at radius 3 is 2.33 bits per heavy atom. The predicted molar refractivity (Wildman–Crippen MR) is 123 cm³/mol. The summed E-state index contributed by atoms with van der Waals surface area (Å²) in [5.41, 5.74) is 0.306. The number of hydrogen-bond acceptors (Lipinski definition) is 4. The van der Waals surface area contributed by atoms with Crippen LogP contribution < -0.4 is 0 Å². The molecule has 0 bridgehead atoms. The van der Waals surface area contributed by atoms with Crippen LogP contribution in [0, 0.1) is 12.3 Å². The molecule has 1 aromatic heterocycles. The van der Waals surface area contributed by atoms with E-state index in [4.69, 9.17) is 16.3 Å². The highest BCUT2D eigenvalue weighted by Gasteiger charge is 2.33. The summed E-state index contributed by atoms with van der Waals surface area (Å²) < 4.78 is 5.15. The molecule has 0 saturated heterocycles. The highest BCUT2D eigenvalue weighted by molar-refractivity contribution is 7.11. The van der Waals surface area contributed by atoms with E-state index in [9.17, 15) is 9.59 Å². The first-order chi connectivity index (χ1) is 14.3. The van der Waals surface area contributed by atoms with Crippen molar-refractivity contribution in [2.24, 2.45) is 5.41 Å². The number of amides is 2. The largest absolute Gasteiger partial charge is 0.383 e. The van der Waals surface area contributed by atoms with Gasteiger partial charge in [0, 0.05) is 35.8 Å². The van der Waals surface area contributed by atoms with Crippen molar-refractivity contribution >= 4 is 34.8 Å². The molecule has 0 fully saturated rings. The number of thiophene rings is 1. The summed E-state index contributed by atoms with van der Waals surface area (Å²) in [4.78, 5) is 32.0. The van der Waals surface area contributed by atoms with Gasteiger partial charge in [-0.25, -0.2) is 0 Å². The molecule has 2 amide bonds. The fourth-order valence-electron chi connectivity index (χ4n) is 3.00. The lowest BCUT2D eigenvalue weighted by atomic mass is 9.94. The van der Waals surface area contributed by atoms with Crippen LogP contribution in [-0.2, 0) is 27.4 Å². The van der Waals surface area contributed by atoms with Gasteiger partial charge in [-0.05, 0) is 38.5 Å². The minimum absolute atomic E-state index is 0.000294. The van der Waals surface area contributed by atoms with E-state index >= 15 is 0 Å². The molecule has 0 aliphatic carbocycles. The summed E-state index contributed by atoms with van der Waals surface area (Å²) in [5.74, 6) is -0.0552. The zero-order valence-corrected chi connectivity index (χ0v) is 19.8. The molecule has 0 unspecified atom stereocenters. The summed E-state index contributed by atoms with van der Waals surface area (Å²) in [5, 5.41) is 0. The smallest absolute Gasteiger partial charge is 0.242 e. The Labute approximate surface area is 188 Å². The van der Waals surface area contributed by atoms with E-state index in [2.05, 4.69) is 19.1 Å². The molecule has 1 aromatic carbocycles. The summed E-state index contributed by atoms with van der Waals surface area (Å²) in [6, 6.07) is 14.0. The van der Waals surface area contributed by atoms with E-state index in [0.717, 1.165) is 10.4 Å². The van der Waals surface area contributed by atoms with Crippen molar-refractivity contribution in [1.29, 1.82) is 0 Å². The third-order valence-corrected chi connectivity index (χ3v) is 6.46. The van der Waals surface area contributed by atoms with Gasteiger partial charge in [0.1, 0.15) is 0 Å². The van der Waals surface area contributed by atoms with Crippen molar-refractivity contribution in [2.75, 3.05) is 32.7 Å². The molecule has 164 valence electrons. The number of hydrogen-bond donors (Lipinski definition) is 0. The van der Waals surface area contributed by atoms with Crippen molar-refractivity contribution in [3.05, 3.63) is 57.8 Å². The number of aryl methyl sites for hydroxylation is 1. The van der Waals surface area contributed by atoms with Crippen LogP contribution in [0.2, 0.25) is 0 Å². The fourth-order valence-corrected chi connectivity index (χ4v) is 4.02. The van der Waals surface area contributed by atoms with Crippen LogP contribution in [0.1, 0.15) is 29.2 Å². The van der Waals surface area contributed by atoms with Crippen LogP contribution in [0.3, 0.4) is 0 Å². The quantitative estimate of drug-likeness (QED) is 0.479. The van der Waals surface area contributed by atoms with Crippen LogP contribution in [0.5, 0.6) is 0 Å². The lowest BCUT2D eigenvalue weighted by Crippen LogP contribution is -2.48. The predicted octanol–water partition coefficient (Wildman–Crippen LogP) is 4.33. The number of nitrogens with zero attached hydrogens (tertiary/aromatic N) is 2. The zero-order valence-electron chi connectivity index (χ0n) is 18.2. The van der Waals surface area contributed by atoms with Gasteiger partial charge >= 0.3 is 0 Å². The first-order valence-corrected chi connectivity index (χ1v) is 11.3. The minimum Gasteiger partial charge on any atom is -0.383 e. The topological polar surface area (TPSA) is 49.9 Å². The number of carbonyl (C=O) groups is 2. The monoisotopic (exact) mass is 450 g/mol. The van der Waals surface area contributed by atoms with Gasteiger partial charge in [0.25, 0.3) is 0 Å². The van der Waals surface area contributed by atoms with E-state index in [1.165, 1.54) is 4.88 Å². The van der Waals surface area contributed by atoms with E-state index < -0.39 is 5.41 Å². The maximum atomic E-state index is 13.3. The Morgan fingerprint density at radius 1 is 1.07 bits per heavy atom. The second-order valence-electron chi connectivity index (χ2n) is 7.98. The second-order valence-corrected chi connectivity index (χ2v) is 9.62. The van der Waals surface area contributed by atoms with Gasteiger partial charge in [0.2, 0.25) is 11.8 Å². The van der Waals surface area contributed by atoms with Crippen molar-refractivity contribution in [3.63, 3.8) is 0 Å². The third-order valence-electron chi connectivity index (χ3n) is 4.80. The van der Waals surface area contributed by atoms with Crippen molar-refractivity contribution in [3.8, 4) is 0 Å². The number of alkyl halides is 1. The third kappa shape index (κ3) is 7.11. The Hall–Kier alpha value is -1.89. The summed E-state index contributed by atoms with van der Waals surface area (Å²) in [7, 11) is 1.58. The number of halogens is 1. The normalized spacial score (nSPS) is 11.4. The molecule has 2 rings (SSSR count). The fraction of sp³-hybridized carbons (Fsp3) is 0.478. The average molecular weight is 451 g/mol. The van der Waals surface area contributed by atoms with Crippen LogP contribution in [-0.4, -0.2) is 54.3 Å². The van der Waals surface area contributed by atoms with Crippen molar-refractivity contribution < 1.29 is 14.3 Å². The minimum atomic E-state index is -0.745. The summed E-state index contributed by atoms with van der Waals surface area (Å²) in [6.45, 7) is 7.35. The van der Waals surface area contributed by atoms with Gasteiger partial charge in [0.05, 0.1) is 25.1 Å². The lowest BCUT2D eigenvalue weighted by molar-refractivity contribution is -0.146. The lowest BCUT2D eigenvalue weighted by Gasteiger charge is -2.32. The van der Waals surface area contributed by atoms with Crippen LogP contribution in [0.25, 0.3) is 0 Å². The summed E-state index contributed by atoms with van der Waals surface area (Å²) in [6.07, 6.45) is 0. The Balaban J connectivity index is 2.21. The molecule has 2 aromatic rings. The van der Waals surface area contributed by atoms with Gasteiger partial charge in [-0.1, -0.05) is 30.3 Å². The molecule has 0 saturated carbocycles. The Bertz CT molecular complexity index is 823.